The van der Waals surface area contributed by atoms with Crippen LogP contribution in [0.2, 0.25) is 0 Å². The van der Waals surface area contributed by atoms with E-state index in [9.17, 15) is 9.59 Å². The van der Waals surface area contributed by atoms with Crippen LogP contribution in [0.1, 0.15) is 27.2 Å². The van der Waals surface area contributed by atoms with Gasteiger partial charge < -0.3 is 9.64 Å². The van der Waals surface area contributed by atoms with Crippen molar-refractivity contribution >= 4 is 11.9 Å². The van der Waals surface area contributed by atoms with Gasteiger partial charge in [-0.3, -0.25) is 4.79 Å². The predicted octanol–water partition coefficient (Wildman–Crippen LogP) is 0.805. The molecule has 2 aliphatic rings. The lowest BCUT2D eigenvalue weighted by Gasteiger charge is -2.46. The average Bonchev–Trinajstić information content (AvgIpc) is 2.29. The van der Waals surface area contributed by atoms with Crippen LogP contribution in [0.15, 0.2) is 0 Å². The first-order valence-corrected chi connectivity index (χ1v) is 5.40. The molecule has 3 unspecified atom stereocenters. The second-order valence-corrected chi connectivity index (χ2v) is 5.03. The van der Waals surface area contributed by atoms with Gasteiger partial charge in [0.25, 0.3) is 0 Å². The van der Waals surface area contributed by atoms with Crippen LogP contribution in [-0.4, -0.2) is 35.5 Å². The van der Waals surface area contributed by atoms with Crippen molar-refractivity contribution in [2.45, 2.75) is 38.8 Å². The van der Waals surface area contributed by atoms with Crippen LogP contribution in [0.3, 0.4) is 0 Å². The smallest absolute Gasteiger partial charge is 0.336 e. The molecule has 0 N–H and O–H groups in total. The minimum atomic E-state index is -0.662. The summed E-state index contributed by atoms with van der Waals surface area (Å²) in [5.41, 5.74) is -0.662. The van der Waals surface area contributed by atoms with Gasteiger partial charge in [0, 0.05) is 7.05 Å². The lowest BCUT2D eigenvalue weighted by atomic mass is 9.78. The highest BCUT2D eigenvalue weighted by Crippen LogP contribution is 2.47. The summed E-state index contributed by atoms with van der Waals surface area (Å²) in [7, 11) is 1.71. The van der Waals surface area contributed by atoms with E-state index < -0.39 is 5.54 Å². The summed E-state index contributed by atoms with van der Waals surface area (Å²) in [6.07, 6.45) is 0.466. The minimum Gasteiger partial charge on any atom is -0.457 e. The van der Waals surface area contributed by atoms with Crippen LogP contribution in [0.5, 0.6) is 0 Å². The Bertz CT molecular complexity index is 326. The number of rotatable bonds is 2. The van der Waals surface area contributed by atoms with Gasteiger partial charge >= 0.3 is 5.97 Å². The molecule has 4 heteroatoms. The first-order valence-electron chi connectivity index (χ1n) is 5.40. The average molecular weight is 211 g/mol. The number of hydrogen-bond donors (Lipinski definition) is 0. The number of esters is 1. The second-order valence-electron chi connectivity index (χ2n) is 5.03. The van der Waals surface area contributed by atoms with Gasteiger partial charge in [0.1, 0.15) is 6.10 Å². The van der Waals surface area contributed by atoms with Crippen molar-refractivity contribution in [3.05, 3.63) is 0 Å². The molecule has 2 saturated heterocycles. The van der Waals surface area contributed by atoms with Gasteiger partial charge in [-0.05, 0) is 19.3 Å². The van der Waals surface area contributed by atoms with Gasteiger partial charge in [0.15, 0.2) is 5.54 Å². The van der Waals surface area contributed by atoms with Crippen molar-refractivity contribution in [2.24, 2.45) is 11.8 Å². The summed E-state index contributed by atoms with van der Waals surface area (Å²) in [6, 6.07) is 0. The highest BCUT2D eigenvalue weighted by molar-refractivity contribution is 5.99. The molecule has 0 saturated carbocycles. The SMILES string of the molecule is CC(C)CC12C(=O)OC1C(C)C(=O)N2C. The maximum atomic E-state index is 11.8. The lowest BCUT2D eigenvalue weighted by molar-refractivity contribution is -0.203. The highest BCUT2D eigenvalue weighted by Gasteiger charge is 2.69. The Morgan fingerprint density at radius 3 is 2.47 bits per heavy atom. The number of amides is 1. The van der Waals surface area contributed by atoms with E-state index >= 15 is 0 Å². The first-order chi connectivity index (χ1) is 6.91. The molecule has 0 aliphatic carbocycles. The van der Waals surface area contributed by atoms with E-state index in [4.69, 9.17) is 4.74 Å². The molecule has 0 radical (unpaired) electrons. The van der Waals surface area contributed by atoms with Crippen molar-refractivity contribution in [3.8, 4) is 0 Å². The standard InChI is InChI=1S/C11H17NO3/c1-6(2)5-11-8(15-10(11)14)7(3)9(13)12(11)4/h6-8H,5H2,1-4H3. The molecule has 2 fully saturated rings. The normalized spacial score (nSPS) is 39.1. The molecule has 4 nitrogen and oxygen atoms in total. The zero-order valence-corrected chi connectivity index (χ0v) is 9.61. The molecule has 3 atom stereocenters. The highest BCUT2D eigenvalue weighted by atomic mass is 16.6. The van der Waals surface area contributed by atoms with E-state index in [1.807, 2.05) is 6.92 Å². The number of ether oxygens (including phenoxy) is 1. The lowest BCUT2D eigenvalue weighted by Crippen LogP contribution is -2.67. The molecule has 0 bridgehead atoms. The van der Waals surface area contributed by atoms with Crippen molar-refractivity contribution in [1.29, 1.82) is 0 Å². The van der Waals surface area contributed by atoms with E-state index in [0.29, 0.717) is 12.3 Å². The molecule has 0 aromatic rings. The molecule has 2 aliphatic heterocycles. The zero-order valence-electron chi connectivity index (χ0n) is 9.61. The number of nitrogens with zero attached hydrogens (tertiary/aromatic N) is 1. The molecule has 0 spiro atoms. The van der Waals surface area contributed by atoms with Crippen molar-refractivity contribution < 1.29 is 14.3 Å². The second kappa shape index (κ2) is 2.97. The summed E-state index contributed by atoms with van der Waals surface area (Å²) in [4.78, 5) is 25.0. The molecule has 0 aromatic heterocycles. The summed E-state index contributed by atoms with van der Waals surface area (Å²) in [5, 5.41) is 0. The topological polar surface area (TPSA) is 46.6 Å². The fraction of sp³-hybridized carbons (Fsp3) is 0.818. The van der Waals surface area contributed by atoms with Crippen LogP contribution >= 0.6 is 0 Å². The van der Waals surface area contributed by atoms with Crippen molar-refractivity contribution in [1.82, 2.24) is 4.90 Å². The van der Waals surface area contributed by atoms with Crippen molar-refractivity contribution in [2.75, 3.05) is 7.05 Å². The van der Waals surface area contributed by atoms with Gasteiger partial charge in [0.2, 0.25) is 5.91 Å². The predicted molar refractivity (Wildman–Crippen MR) is 54.0 cm³/mol. The van der Waals surface area contributed by atoms with Gasteiger partial charge in [-0.25, -0.2) is 4.79 Å². The molecule has 1 amide bonds. The van der Waals surface area contributed by atoms with Crippen LogP contribution in [-0.2, 0) is 14.3 Å². The molecule has 0 aromatic carbocycles. The van der Waals surface area contributed by atoms with Crippen LogP contribution < -0.4 is 0 Å². The quantitative estimate of drug-likeness (QED) is 0.635. The molecular formula is C11H17NO3. The van der Waals surface area contributed by atoms with E-state index in [1.165, 1.54) is 0 Å². The number of fused-ring (bicyclic) bond motifs is 1. The Morgan fingerprint density at radius 2 is 2.07 bits per heavy atom. The van der Waals surface area contributed by atoms with E-state index in [1.54, 1.807) is 11.9 Å². The number of hydrogen-bond acceptors (Lipinski definition) is 3. The number of likely N-dealkylation sites (tertiary alicyclic amines) is 1. The third kappa shape index (κ3) is 1.08. The third-order valence-corrected chi connectivity index (χ3v) is 3.55. The maximum Gasteiger partial charge on any atom is 0.336 e. The number of carbonyl (C=O) groups is 2. The summed E-state index contributed by atoms with van der Waals surface area (Å²) in [5.74, 6) is -0.0275. The van der Waals surface area contributed by atoms with Gasteiger partial charge in [-0.2, -0.15) is 0 Å². The maximum absolute atomic E-state index is 11.8. The Hall–Kier alpha value is -1.06. The van der Waals surface area contributed by atoms with E-state index in [2.05, 4.69) is 13.8 Å². The Morgan fingerprint density at radius 1 is 1.47 bits per heavy atom. The van der Waals surface area contributed by atoms with Crippen LogP contribution in [0.25, 0.3) is 0 Å². The first kappa shape index (κ1) is 10.5. The summed E-state index contributed by atoms with van der Waals surface area (Å²) in [6.45, 7) is 5.94. The summed E-state index contributed by atoms with van der Waals surface area (Å²) < 4.78 is 5.12. The fourth-order valence-corrected chi connectivity index (χ4v) is 2.81. The van der Waals surface area contributed by atoms with Crippen molar-refractivity contribution in [3.63, 3.8) is 0 Å². The molecule has 2 rings (SSSR count). The summed E-state index contributed by atoms with van der Waals surface area (Å²) >= 11 is 0. The Labute approximate surface area is 89.6 Å². The van der Waals surface area contributed by atoms with Crippen LogP contribution in [0, 0.1) is 11.8 Å². The van der Waals surface area contributed by atoms with Gasteiger partial charge in [-0.15, -0.1) is 0 Å². The van der Waals surface area contributed by atoms with E-state index in [-0.39, 0.29) is 23.9 Å². The Balaban J connectivity index is 2.34. The van der Waals surface area contributed by atoms with Gasteiger partial charge in [-0.1, -0.05) is 13.8 Å². The Kier molecular flexibility index (Phi) is 2.07. The molecule has 15 heavy (non-hydrogen) atoms. The fourth-order valence-electron chi connectivity index (χ4n) is 2.81. The molecular weight excluding hydrogens is 194 g/mol. The largest absolute Gasteiger partial charge is 0.457 e. The third-order valence-electron chi connectivity index (χ3n) is 3.55. The van der Waals surface area contributed by atoms with E-state index in [0.717, 1.165) is 0 Å². The van der Waals surface area contributed by atoms with Gasteiger partial charge in [0.05, 0.1) is 5.92 Å². The molecule has 84 valence electrons. The van der Waals surface area contributed by atoms with Crippen LogP contribution in [0.4, 0.5) is 0 Å². The minimum absolute atomic E-state index is 0.0199. The number of likely N-dealkylation sites (N-methyl/N-ethyl adjacent to an activating group) is 1. The number of carbonyl (C=O) groups excluding carboxylic acids is 2. The monoisotopic (exact) mass is 211 g/mol. The zero-order chi connectivity index (χ0) is 11.4. The molecule has 2 heterocycles.